The third-order valence-corrected chi connectivity index (χ3v) is 4.75. The molecule has 3 N–H and O–H groups in total. The molecule has 0 radical (unpaired) electrons. The van der Waals surface area contributed by atoms with E-state index in [9.17, 15) is 4.39 Å². The van der Waals surface area contributed by atoms with Crippen molar-refractivity contribution in [3.05, 3.63) is 69.4 Å². The highest BCUT2D eigenvalue weighted by molar-refractivity contribution is 9.10. The minimum absolute atomic E-state index is 0.254. The lowest BCUT2D eigenvalue weighted by Gasteiger charge is -2.27. The Bertz CT molecular complexity index is 640. The minimum atomic E-state index is -0.345. The zero-order chi connectivity index (χ0) is 14.8. The van der Waals surface area contributed by atoms with Crippen LogP contribution in [-0.2, 0) is 0 Å². The Morgan fingerprint density at radius 2 is 2.00 bits per heavy atom. The van der Waals surface area contributed by atoms with E-state index in [0.717, 1.165) is 10.0 Å². The molecule has 2 aromatic rings. The maximum Gasteiger partial charge on any atom is 0.128 e. The van der Waals surface area contributed by atoms with Crippen molar-refractivity contribution in [2.75, 3.05) is 0 Å². The molecule has 2 aromatic carbocycles. The Kier molecular flexibility index (Phi) is 4.38. The first kappa shape index (κ1) is 14.7. The molecule has 0 aliphatic heterocycles. The molecule has 4 heteroatoms. The van der Waals surface area contributed by atoms with Gasteiger partial charge in [0.25, 0.3) is 0 Å². The molecule has 0 saturated heterocycles. The van der Waals surface area contributed by atoms with Crippen molar-refractivity contribution in [2.45, 2.75) is 31.2 Å². The Balaban J connectivity index is 1.97. The monoisotopic (exact) mass is 348 g/mol. The number of hydrazine groups is 1. The average molecular weight is 349 g/mol. The van der Waals surface area contributed by atoms with E-state index in [1.54, 1.807) is 12.1 Å². The van der Waals surface area contributed by atoms with Gasteiger partial charge >= 0.3 is 0 Å². The zero-order valence-electron chi connectivity index (χ0n) is 11.7. The summed E-state index contributed by atoms with van der Waals surface area (Å²) in [6, 6.07) is 12.9. The van der Waals surface area contributed by atoms with Crippen molar-refractivity contribution >= 4 is 15.9 Å². The lowest BCUT2D eigenvalue weighted by atomic mass is 9.79. The Hall–Kier alpha value is -1.23. The molecular formula is C17H18BrFN2. The molecule has 2 nitrogen and oxygen atoms in total. The largest absolute Gasteiger partial charge is 0.271 e. The highest BCUT2D eigenvalue weighted by Crippen LogP contribution is 2.37. The lowest BCUT2D eigenvalue weighted by Crippen LogP contribution is -2.29. The van der Waals surface area contributed by atoms with Crippen LogP contribution in [0, 0.1) is 5.82 Å². The number of benzene rings is 2. The molecule has 1 saturated carbocycles. The Labute approximate surface area is 132 Å². The molecule has 1 atom stereocenters. The molecule has 1 unspecified atom stereocenters. The third kappa shape index (κ3) is 3.03. The van der Waals surface area contributed by atoms with E-state index in [4.69, 9.17) is 5.84 Å². The predicted molar refractivity (Wildman–Crippen MR) is 86.3 cm³/mol. The molecule has 110 valence electrons. The van der Waals surface area contributed by atoms with Gasteiger partial charge in [-0.15, -0.1) is 0 Å². The summed E-state index contributed by atoms with van der Waals surface area (Å²) in [5.74, 6) is 6.09. The molecule has 1 aliphatic rings. The molecule has 21 heavy (non-hydrogen) atoms. The van der Waals surface area contributed by atoms with Gasteiger partial charge in [0.1, 0.15) is 5.82 Å². The Morgan fingerprint density at radius 1 is 1.19 bits per heavy atom. The second-order valence-electron chi connectivity index (χ2n) is 5.56. The van der Waals surface area contributed by atoms with E-state index in [0.29, 0.717) is 11.5 Å². The molecule has 0 amide bonds. The number of nitrogens with one attached hydrogen (secondary N) is 1. The fourth-order valence-corrected chi connectivity index (χ4v) is 3.21. The zero-order valence-corrected chi connectivity index (χ0v) is 13.2. The highest BCUT2D eigenvalue weighted by Gasteiger charge is 2.22. The smallest absolute Gasteiger partial charge is 0.128 e. The van der Waals surface area contributed by atoms with Crippen LogP contribution in [0.4, 0.5) is 4.39 Å². The van der Waals surface area contributed by atoms with Gasteiger partial charge in [-0.2, -0.15) is 0 Å². The van der Waals surface area contributed by atoms with E-state index in [1.807, 2.05) is 12.1 Å². The van der Waals surface area contributed by atoms with Gasteiger partial charge in [-0.1, -0.05) is 46.6 Å². The van der Waals surface area contributed by atoms with Crippen molar-refractivity contribution in [1.29, 1.82) is 0 Å². The predicted octanol–water partition coefficient (Wildman–Crippen LogP) is 4.41. The second-order valence-corrected chi connectivity index (χ2v) is 6.48. The van der Waals surface area contributed by atoms with Crippen LogP contribution in [0.5, 0.6) is 0 Å². The quantitative estimate of drug-likeness (QED) is 0.634. The minimum Gasteiger partial charge on any atom is -0.271 e. The molecular weight excluding hydrogens is 331 g/mol. The fourth-order valence-electron chi connectivity index (χ4n) is 2.84. The van der Waals surface area contributed by atoms with Crippen LogP contribution >= 0.6 is 15.9 Å². The van der Waals surface area contributed by atoms with Crippen LogP contribution < -0.4 is 11.3 Å². The van der Waals surface area contributed by atoms with Crippen LogP contribution in [0.25, 0.3) is 0 Å². The molecule has 3 rings (SSSR count). The van der Waals surface area contributed by atoms with E-state index in [2.05, 4.69) is 33.5 Å². The summed E-state index contributed by atoms with van der Waals surface area (Å²) in [6.07, 6.45) is 3.79. The van der Waals surface area contributed by atoms with E-state index >= 15 is 0 Å². The summed E-state index contributed by atoms with van der Waals surface area (Å²) in [4.78, 5) is 0. The van der Waals surface area contributed by atoms with Crippen molar-refractivity contribution in [3.8, 4) is 0 Å². The number of halogens is 2. The number of hydrogen-bond acceptors (Lipinski definition) is 2. The first-order chi connectivity index (χ1) is 10.2. The number of nitrogens with two attached hydrogens (primary N) is 1. The van der Waals surface area contributed by atoms with Gasteiger partial charge in [-0.25, -0.2) is 9.82 Å². The van der Waals surface area contributed by atoms with Gasteiger partial charge in [0, 0.05) is 10.0 Å². The summed E-state index contributed by atoms with van der Waals surface area (Å²) in [5.41, 5.74) is 5.62. The summed E-state index contributed by atoms with van der Waals surface area (Å²) in [5, 5.41) is 0. The molecule has 1 fully saturated rings. The molecule has 0 bridgehead atoms. The Morgan fingerprint density at radius 3 is 2.67 bits per heavy atom. The van der Waals surface area contributed by atoms with E-state index in [-0.39, 0.29) is 11.9 Å². The van der Waals surface area contributed by atoms with Gasteiger partial charge in [-0.3, -0.25) is 5.84 Å². The molecule has 0 aromatic heterocycles. The number of hydrogen-bond donors (Lipinski definition) is 2. The van der Waals surface area contributed by atoms with Crippen LogP contribution in [-0.4, -0.2) is 0 Å². The SMILES string of the molecule is NNC(c1cccc(C2CCC2)c1)c1cc(Br)ccc1F. The molecule has 0 spiro atoms. The van der Waals surface area contributed by atoms with Gasteiger partial charge < -0.3 is 0 Å². The van der Waals surface area contributed by atoms with Gasteiger partial charge in [0.05, 0.1) is 6.04 Å². The third-order valence-electron chi connectivity index (χ3n) is 4.26. The first-order valence-electron chi connectivity index (χ1n) is 7.20. The first-order valence-corrected chi connectivity index (χ1v) is 7.99. The summed E-state index contributed by atoms with van der Waals surface area (Å²) in [7, 11) is 0. The highest BCUT2D eigenvalue weighted by atomic mass is 79.9. The summed E-state index contributed by atoms with van der Waals surface area (Å²) in [6.45, 7) is 0. The van der Waals surface area contributed by atoms with Crippen LogP contribution in [0.15, 0.2) is 46.9 Å². The second kappa shape index (κ2) is 6.26. The summed E-state index contributed by atoms with van der Waals surface area (Å²) >= 11 is 3.39. The van der Waals surface area contributed by atoms with E-state index in [1.165, 1.54) is 30.9 Å². The molecule has 0 heterocycles. The van der Waals surface area contributed by atoms with Crippen LogP contribution in [0.1, 0.15) is 47.9 Å². The summed E-state index contributed by atoms with van der Waals surface area (Å²) < 4.78 is 15.0. The van der Waals surface area contributed by atoms with Crippen molar-refractivity contribution in [2.24, 2.45) is 5.84 Å². The van der Waals surface area contributed by atoms with Gasteiger partial charge in [-0.05, 0) is 48.1 Å². The standard InChI is InChI=1S/C17H18BrFN2/c18-14-7-8-16(19)15(10-14)17(21-20)13-6-2-5-12(9-13)11-3-1-4-11/h2,5-11,17,21H,1,3-4,20H2. The lowest BCUT2D eigenvalue weighted by molar-refractivity contribution is 0.419. The van der Waals surface area contributed by atoms with Crippen molar-refractivity contribution < 1.29 is 4.39 Å². The average Bonchev–Trinajstić information content (AvgIpc) is 2.42. The maximum absolute atomic E-state index is 14.1. The topological polar surface area (TPSA) is 38.0 Å². The van der Waals surface area contributed by atoms with Crippen LogP contribution in [0.2, 0.25) is 0 Å². The normalized spacial score (nSPS) is 16.5. The number of rotatable bonds is 4. The van der Waals surface area contributed by atoms with Crippen molar-refractivity contribution in [1.82, 2.24) is 5.43 Å². The van der Waals surface area contributed by atoms with E-state index < -0.39 is 0 Å². The van der Waals surface area contributed by atoms with Crippen LogP contribution in [0.3, 0.4) is 0 Å². The fraction of sp³-hybridized carbons (Fsp3) is 0.294. The van der Waals surface area contributed by atoms with Gasteiger partial charge in [0.2, 0.25) is 0 Å². The maximum atomic E-state index is 14.1. The van der Waals surface area contributed by atoms with Gasteiger partial charge in [0.15, 0.2) is 0 Å². The molecule has 1 aliphatic carbocycles. The van der Waals surface area contributed by atoms with Crippen molar-refractivity contribution in [3.63, 3.8) is 0 Å².